The maximum atomic E-state index is 11.1. The van der Waals surface area contributed by atoms with Gasteiger partial charge in [-0.05, 0) is 24.6 Å². The Hall–Kier alpha value is -1.35. The van der Waals surface area contributed by atoms with Crippen molar-refractivity contribution in [1.29, 1.82) is 0 Å². The van der Waals surface area contributed by atoms with Gasteiger partial charge in [0.05, 0.1) is 0 Å². The van der Waals surface area contributed by atoms with E-state index in [4.69, 9.17) is 10.5 Å². The van der Waals surface area contributed by atoms with Gasteiger partial charge in [0, 0.05) is 19.2 Å². The number of hydrogen-bond donors (Lipinski definition) is 1. The molecule has 0 heterocycles. The lowest BCUT2D eigenvalue weighted by molar-refractivity contribution is -0.126. The van der Waals surface area contributed by atoms with Crippen molar-refractivity contribution in [2.75, 3.05) is 12.8 Å². The Morgan fingerprint density at radius 3 is 2.43 bits per heavy atom. The lowest BCUT2D eigenvalue weighted by Crippen LogP contribution is -2.22. The maximum Gasteiger partial charge on any atom is 0.158 e. The van der Waals surface area contributed by atoms with E-state index in [1.165, 1.54) is 6.92 Å². The van der Waals surface area contributed by atoms with Gasteiger partial charge < -0.3 is 10.5 Å². The van der Waals surface area contributed by atoms with E-state index in [1.807, 2.05) is 24.3 Å². The first-order chi connectivity index (χ1) is 6.63. The van der Waals surface area contributed by atoms with Crippen LogP contribution in [0.15, 0.2) is 24.3 Å². The minimum atomic E-state index is -0.348. The van der Waals surface area contributed by atoms with Crippen molar-refractivity contribution in [2.45, 2.75) is 19.4 Å². The second kappa shape index (κ2) is 4.77. The van der Waals surface area contributed by atoms with Crippen molar-refractivity contribution in [3.05, 3.63) is 29.8 Å². The number of benzene rings is 1. The topological polar surface area (TPSA) is 52.3 Å². The summed E-state index contributed by atoms with van der Waals surface area (Å²) in [6, 6.07) is 7.46. The summed E-state index contributed by atoms with van der Waals surface area (Å²) in [4.78, 5) is 11.1. The van der Waals surface area contributed by atoms with Gasteiger partial charge in [-0.1, -0.05) is 12.1 Å². The number of carbonyl (C=O) groups is 1. The number of carbonyl (C=O) groups excluding carboxylic acids is 1. The number of hydrogen-bond acceptors (Lipinski definition) is 3. The van der Waals surface area contributed by atoms with E-state index in [0.29, 0.717) is 6.42 Å². The Balaban J connectivity index is 2.67. The Kier molecular flexibility index (Phi) is 3.65. The first-order valence-corrected chi connectivity index (χ1v) is 4.51. The quantitative estimate of drug-likeness (QED) is 0.736. The van der Waals surface area contributed by atoms with Crippen LogP contribution >= 0.6 is 0 Å². The summed E-state index contributed by atoms with van der Waals surface area (Å²) in [5.74, 6) is 0.0457. The number of ether oxygens (including phenoxy) is 1. The summed E-state index contributed by atoms with van der Waals surface area (Å²) < 4.78 is 5.07. The fourth-order valence-corrected chi connectivity index (χ4v) is 1.26. The van der Waals surface area contributed by atoms with E-state index in [1.54, 1.807) is 7.11 Å². The first-order valence-electron chi connectivity index (χ1n) is 4.51. The fourth-order valence-electron chi connectivity index (χ4n) is 1.26. The van der Waals surface area contributed by atoms with Crippen LogP contribution in [0.4, 0.5) is 5.69 Å². The third-order valence-electron chi connectivity index (χ3n) is 2.14. The van der Waals surface area contributed by atoms with Crippen molar-refractivity contribution in [3.63, 3.8) is 0 Å². The zero-order chi connectivity index (χ0) is 10.6. The highest BCUT2D eigenvalue weighted by molar-refractivity contribution is 5.80. The van der Waals surface area contributed by atoms with Gasteiger partial charge in [0.25, 0.3) is 0 Å². The smallest absolute Gasteiger partial charge is 0.158 e. The first kappa shape index (κ1) is 10.7. The molecule has 0 saturated carbocycles. The highest BCUT2D eigenvalue weighted by Crippen LogP contribution is 2.09. The SMILES string of the molecule is CO[C@@H](Cc1ccc(N)cc1)C(C)=O. The highest BCUT2D eigenvalue weighted by atomic mass is 16.5. The Labute approximate surface area is 83.9 Å². The molecule has 0 aliphatic heterocycles. The number of nitrogen functional groups attached to an aromatic ring is 1. The molecule has 14 heavy (non-hydrogen) atoms. The molecule has 0 aliphatic rings. The number of ketones is 1. The molecule has 0 saturated heterocycles. The second-order valence-electron chi connectivity index (χ2n) is 3.28. The molecule has 0 spiro atoms. The molecule has 2 N–H and O–H groups in total. The maximum absolute atomic E-state index is 11.1. The van der Waals surface area contributed by atoms with E-state index in [0.717, 1.165) is 11.3 Å². The van der Waals surface area contributed by atoms with Gasteiger partial charge in [0.15, 0.2) is 5.78 Å². The summed E-state index contributed by atoms with van der Waals surface area (Å²) in [7, 11) is 1.55. The van der Waals surface area contributed by atoms with Gasteiger partial charge in [-0.15, -0.1) is 0 Å². The largest absolute Gasteiger partial charge is 0.399 e. The van der Waals surface area contributed by atoms with Crippen LogP contribution in [0.1, 0.15) is 12.5 Å². The van der Waals surface area contributed by atoms with Crippen molar-refractivity contribution in [1.82, 2.24) is 0 Å². The monoisotopic (exact) mass is 193 g/mol. The lowest BCUT2D eigenvalue weighted by atomic mass is 10.1. The molecule has 0 bridgehead atoms. The van der Waals surface area contributed by atoms with Crippen LogP contribution in [-0.2, 0) is 16.0 Å². The molecular formula is C11H15NO2. The standard InChI is InChI=1S/C11H15NO2/c1-8(13)11(14-2)7-9-3-5-10(12)6-4-9/h3-6,11H,7,12H2,1-2H3/t11-/m0/s1. The van der Waals surface area contributed by atoms with Gasteiger partial charge in [-0.25, -0.2) is 0 Å². The Bertz CT molecular complexity index is 306. The van der Waals surface area contributed by atoms with E-state index < -0.39 is 0 Å². The number of nitrogens with two attached hydrogens (primary N) is 1. The predicted octanol–water partition coefficient (Wildman–Crippen LogP) is 1.42. The minimum Gasteiger partial charge on any atom is -0.399 e. The van der Waals surface area contributed by atoms with Crippen LogP contribution in [0.3, 0.4) is 0 Å². The molecule has 1 aromatic carbocycles. The van der Waals surface area contributed by atoms with Crippen LogP contribution in [0.25, 0.3) is 0 Å². The summed E-state index contributed by atoms with van der Waals surface area (Å²) in [6.07, 6.45) is 0.255. The average molecular weight is 193 g/mol. The van der Waals surface area contributed by atoms with Gasteiger partial charge in [0.2, 0.25) is 0 Å². The number of Topliss-reactive ketones (excluding diaryl/α,β-unsaturated/α-hetero) is 1. The molecule has 0 unspecified atom stereocenters. The lowest BCUT2D eigenvalue weighted by Gasteiger charge is -2.11. The fraction of sp³-hybridized carbons (Fsp3) is 0.364. The molecule has 3 heteroatoms. The van der Waals surface area contributed by atoms with E-state index in [2.05, 4.69) is 0 Å². The van der Waals surface area contributed by atoms with Gasteiger partial charge >= 0.3 is 0 Å². The van der Waals surface area contributed by atoms with Crippen molar-refractivity contribution in [2.24, 2.45) is 0 Å². The van der Waals surface area contributed by atoms with Crippen molar-refractivity contribution in [3.8, 4) is 0 Å². The Morgan fingerprint density at radius 1 is 1.43 bits per heavy atom. The number of methoxy groups -OCH3 is 1. The zero-order valence-corrected chi connectivity index (χ0v) is 8.49. The van der Waals surface area contributed by atoms with Crippen molar-refractivity contribution >= 4 is 11.5 Å². The molecule has 0 fully saturated rings. The molecule has 0 aromatic heterocycles. The molecule has 0 amide bonds. The molecule has 1 rings (SSSR count). The van der Waals surface area contributed by atoms with Gasteiger partial charge in [-0.2, -0.15) is 0 Å². The summed E-state index contributed by atoms with van der Waals surface area (Å²) in [5.41, 5.74) is 7.34. The molecule has 1 aromatic rings. The van der Waals surface area contributed by atoms with Crippen LogP contribution in [0.2, 0.25) is 0 Å². The summed E-state index contributed by atoms with van der Waals surface area (Å²) >= 11 is 0. The van der Waals surface area contributed by atoms with E-state index in [9.17, 15) is 4.79 Å². The van der Waals surface area contributed by atoms with Crippen LogP contribution in [-0.4, -0.2) is 19.0 Å². The van der Waals surface area contributed by atoms with Gasteiger partial charge in [0.1, 0.15) is 6.10 Å². The summed E-state index contributed by atoms with van der Waals surface area (Å²) in [5, 5.41) is 0. The molecule has 0 aliphatic carbocycles. The molecule has 76 valence electrons. The predicted molar refractivity (Wildman–Crippen MR) is 56.0 cm³/mol. The summed E-state index contributed by atoms with van der Waals surface area (Å²) in [6.45, 7) is 1.53. The molecule has 0 radical (unpaired) electrons. The van der Waals surface area contributed by atoms with Crippen LogP contribution < -0.4 is 5.73 Å². The van der Waals surface area contributed by atoms with Crippen LogP contribution in [0, 0.1) is 0 Å². The van der Waals surface area contributed by atoms with E-state index in [-0.39, 0.29) is 11.9 Å². The zero-order valence-electron chi connectivity index (χ0n) is 8.49. The third-order valence-corrected chi connectivity index (χ3v) is 2.14. The average Bonchev–Trinajstić information content (AvgIpc) is 2.16. The molecule has 3 nitrogen and oxygen atoms in total. The Morgan fingerprint density at radius 2 is 2.00 bits per heavy atom. The normalized spacial score (nSPS) is 12.4. The number of anilines is 1. The highest BCUT2D eigenvalue weighted by Gasteiger charge is 2.12. The third kappa shape index (κ3) is 2.85. The molecule has 1 atom stereocenters. The van der Waals surface area contributed by atoms with Gasteiger partial charge in [-0.3, -0.25) is 4.79 Å². The molecular weight excluding hydrogens is 178 g/mol. The van der Waals surface area contributed by atoms with E-state index >= 15 is 0 Å². The second-order valence-corrected chi connectivity index (χ2v) is 3.28. The van der Waals surface area contributed by atoms with Crippen molar-refractivity contribution < 1.29 is 9.53 Å². The number of rotatable bonds is 4. The minimum absolute atomic E-state index is 0.0457. The van der Waals surface area contributed by atoms with Crippen LogP contribution in [0.5, 0.6) is 0 Å².